The molecular weight excluding hydrogens is 338 g/mol. The van der Waals surface area contributed by atoms with Crippen molar-refractivity contribution in [1.29, 1.82) is 0 Å². The van der Waals surface area contributed by atoms with E-state index < -0.39 is 0 Å². The Morgan fingerprint density at radius 1 is 1.31 bits per heavy atom. The van der Waals surface area contributed by atoms with Crippen LogP contribution in [0.3, 0.4) is 0 Å². The number of carbonyl (C=O) groups is 1. The number of morpholine rings is 1. The highest BCUT2D eigenvalue weighted by atomic mass is 16.5. The largest absolute Gasteiger partial charge is 0.394 e. The van der Waals surface area contributed by atoms with E-state index in [0.29, 0.717) is 12.4 Å². The number of tetrazole rings is 1. The first kappa shape index (κ1) is 19.0. The molecule has 10 heteroatoms. The molecule has 2 N–H and O–H groups in total. The van der Waals surface area contributed by atoms with Crippen molar-refractivity contribution >= 4 is 6.03 Å². The van der Waals surface area contributed by atoms with Crippen LogP contribution in [0, 0.1) is 0 Å². The standard InChI is InChI=1S/C16H29N7O3/c1-12(2)17-16(25)23-13(11-24)3-4-14(23)15-18-19-20-22(15)6-5-21-7-9-26-10-8-21/h12-14,24H,3-11H2,1-2H3,(H,17,25)/t13-,14+/m0/s1. The third-order valence-electron chi connectivity index (χ3n) is 4.95. The van der Waals surface area contributed by atoms with Gasteiger partial charge in [-0.05, 0) is 37.1 Å². The lowest BCUT2D eigenvalue weighted by Crippen LogP contribution is -2.48. The summed E-state index contributed by atoms with van der Waals surface area (Å²) >= 11 is 0. The van der Waals surface area contributed by atoms with E-state index in [1.165, 1.54) is 0 Å². The lowest BCUT2D eigenvalue weighted by Gasteiger charge is -2.30. The lowest BCUT2D eigenvalue weighted by molar-refractivity contribution is 0.0356. The van der Waals surface area contributed by atoms with Gasteiger partial charge in [-0.25, -0.2) is 9.48 Å². The van der Waals surface area contributed by atoms with Crippen LogP contribution in [0.15, 0.2) is 0 Å². The second-order valence-electron chi connectivity index (χ2n) is 7.16. The van der Waals surface area contributed by atoms with Crippen molar-refractivity contribution in [3.05, 3.63) is 5.82 Å². The van der Waals surface area contributed by atoms with Gasteiger partial charge in [0.2, 0.25) is 0 Å². The minimum absolute atomic E-state index is 0.0282. The number of aromatic nitrogens is 4. The van der Waals surface area contributed by atoms with Crippen LogP contribution in [0.4, 0.5) is 4.79 Å². The van der Waals surface area contributed by atoms with Crippen molar-refractivity contribution in [2.75, 3.05) is 39.5 Å². The van der Waals surface area contributed by atoms with E-state index in [2.05, 4.69) is 25.7 Å². The first-order valence-electron chi connectivity index (χ1n) is 9.36. The summed E-state index contributed by atoms with van der Waals surface area (Å²) in [6.07, 6.45) is 1.48. The Balaban J connectivity index is 1.70. The second kappa shape index (κ2) is 8.74. The number of ether oxygens (including phenoxy) is 1. The topological polar surface area (TPSA) is 109 Å². The van der Waals surface area contributed by atoms with Gasteiger partial charge in [0, 0.05) is 25.7 Å². The Morgan fingerprint density at radius 2 is 2.08 bits per heavy atom. The summed E-state index contributed by atoms with van der Waals surface area (Å²) in [5, 5.41) is 24.8. The SMILES string of the molecule is CC(C)NC(=O)N1[C@H](CO)CC[C@@H]1c1nnnn1CCN1CCOCC1. The van der Waals surface area contributed by atoms with E-state index in [-0.39, 0.29) is 30.8 Å². The molecule has 2 atom stereocenters. The van der Waals surface area contributed by atoms with Gasteiger partial charge in [-0.15, -0.1) is 5.10 Å². The fourth-order valence-corrected chi connectivity index (χ4v) is 3.61. The van der Waals surface area contributed by atoms with E-state index in [0.717, 1.165) is 45.7 Å². The number of nitrogens with zero attached hydrogens (tertiary/aromatic N) is 6. The molecule has 2 fully saturated rings. The number of rotatable bonds is 6. The third-order valence-corrected chi connectivity index (χ3v) is 4.95. The Hall–Kier alpha value is -1.78. The molecule has 3 heterocycles. The average molecular weight is 367 g/mol. The van der Waals surface area contributed by atoms with Crippen LogP contribution in [-0.2, 0) is 11.3 Å². The summed E-state index contributed by atoms with van der Waals surface area (Å²) in [4.78, 5) is 16.7. The molecule has 146 valence electrons. The lowest BCUT2D eigenvalue weighted by atomic mass is 10.2. The quantitative estimate of drug-likeness (QED) is 0.705. The number of hydrogen-bond acceptors (Lipinski definition) is 7. The summed E-state index contributed by atoms with van der Waals surface area (Å²) in [6.45, 7) is 8.63. The summed E-state index contributed by atoms with van der Waals surface area (Å²) in [5.74, 6) is 0.688. The fraction of sp³-hybridized carbons (Fsp3) is 0.875. The van der Waals surface area contributed by atoms with Crippen LogP contribution in [0.5, 0.6) is 0 Å². The van der Waals surface area contributed by atoms with Crippen LogP contribution < -0.4 is 5.32 Å². The van der Waals surface area contributed by atoms with Crippen molar-refractivity contribution in [2.45, 2.75) is 51.4 Å². The van der Waals surface area contributed by atoms with Gasteiger partial charge >= 0.3 is 6.03 Å². The van der Waals surface area contributed by atoms with E-state index in [4.69, 9.17) is 4.74 Å². The molecular formula is C16H29N7O3. The maximum absolute atomic E-state index is 12.7. The summed E-state index contributed by atoms with van der Waals surface area (Å²) in [7, 11) is 0. The number of urea groups is 1. The maximum atomic E-state index is 12.7. The van der Waals surface area contributed by atoms with Crippen molar-refractivity contribution in [2.24, 2.45) is 0 Å². The Labute approximate surface area is 153 Å². The number of aliphatic hydroxyl groups is 1. The molecule has 10 nitrogen and oxygen atoms in total. The Bertz CT molecular complexity index is 588. The number of carbonyl (C=O) groups excluding carboxylic acids is 1. The third kappa shape index (κ3) is 4.30. The highest BCUT2D eigenvalue weighted by molar-refractivity contribution is 5.75. The van der Waals surface area contributed by atoms with Gasteiger partial charge in [0.1, 0.15) is 0 Å². The molecule has 2 aliphatic rings. The van der Waals surface area contributed by atoms with Crippen LogP contribution in [0.1, 0.15) is 38.6 Å². The van der Waals surface area contributed by atoms with Gasteiger partial charge < -0.3 is 20.1 Å². The van der Waals surface area contributed by atoms with Gasteiger partial charge in [-0.2, -0.15) is 0 Å². The molecule has 0 radical (unpaired) electrons. The minimum Gasteiger partial charge on any atom is -0.394 e. The number of aliphatic hydroxyl groups excluding tert-OH is 1. The van der Waals surface area contributed by atoms with Crippen molar-refractivity contribution in [1.82, 2.24) is 35.3 Å². The number of hydrogen-bond donors (Lipinski definition) is 2. The molecule has 0 unspecified atom stereocenters. The molecule has 1 aromatic rings. The first-order valence-corrected chi connectivity index (χ1v) is 9.36. The smallest absolute Gasteiger partial charge is 0.318 e. The van der Waals surface area contributed by atoms with Gasteiger partial charge in [-0.3, -0.25) is 4.90 Å². The maximum Gasteiger partial charge on any atom is 0.318 e. The molecule has 0 bridgehead atoms. The molecule has 0 aromatic carbocycles. The van der Waals surface area contributed by atoms with Gasteiger partial charge in [0.05, 0.1) is 38.4 Å². The normalized spacial score (nSPS) is 24.4. The molecule has 1 aromatic heterocycles. The monoisotopic (exact) mass is 367 g/mol. The number of amides is 2. The highest BCUT2D eigenvalue weighted by Gasteiger charge is 2.40. The zero-order valence-electron chi connectivity index (χ0n) is 15.5. The number of likely N-dealkylation sites (tertiary alicyclic amines) is 1. The molecule has 0 saturated carbocycles. The molecule has 3 rings (SSSR count). The van der Waals surface area contributed by atoms with Crippen LogP contribution in [0.2, 0.25) is 0 Å². The Kier molecular flexibility index (Phi) is 6.38. The second-order valence-corrected chi connectivity index (χ2v) is 7.16. The molecule has 2 aliphatic heterocycles. The first-order chi connectivity index (χ1) is 12.6. The van der Waals surface area contributed by atoms with Crippen molar-refractivity contribution in [3.8, 4) is 0 Å². The van der Waals surface area contributed by atoms with Crippen molar-refractivity contribution in [3.63, 3.8) is 0 Å². The predicted molar refractivity (Wildman–Crippen MR) is 93.4 cm³/mol. The van der Waals surface area contributed by atoms with Gasteiger partial charge in [-0.1, -0.05) is 0 Å². The molecule has 0 aliphatic carbocycles. The van der Waals surface area contributed by atoms with Gasteiger partial charge in [0.25, 0.3) is 0 Å². The van der Waals surface area contributed by atoms with E-state index in [1.807, 2.05) is 13.8 Å². The molecule has 26 heavy (non-hydrogen) atoms. The van der Waals surface area contributed by atoms with Crippen LogP contribution in [0.25, 0.3) is 0 Å². The predicted octanol–water partition coefficient (Wildman–Crippen LogP) is -0.379. The summed E-state index contributed by atoms with van der Waals surface area (Å²) in [6, 6.07) is -0.571. The Morgan fingerprint density at radius 3 is 2.77 bits per heavy atom. The van der Waals surface area contributed by atoms with Crippen LogP contribution >= 0.6 is 0 Å². The number of nitrogens with one attached hydrogen (secondary N) is 1. The highest BCUT2D eigenvalue weighted by Crippen LogP contribution is 2.34. The summed E-state index contributed by atoms with van der Waals surface area (Å²) in [5.41, 5.74) is 0. The zero-order valence-corrected chi connectivity index (χ0v) is 15.5. The van der Waals surface area contributed by atoms with Gasteiger partial charge in [0.15, 0.2) is 5.82 Å². The van der Waals surface area contributed by atoms with Crippen molar-refractivity contribution < 1.29 is 14.6 Å². The summed E-state index contributed by atoms with van der Waals surface area (Å²) < 4.78 is 7.16. The molecule has 2 saturated heterocycles. The molecule has 2 amide bonds. The van der Waals surface area contributed by atoms with Crippen LogP contribution in [-0.4, -0.2) is 92.7 Å². The zero-order chi connectivity index (χ0) is 18.5. The fourth-order valence-electron chi connectivity index (χ4n) is 3.61. The molecule has 0 spiro atoms. The van der Waals surface area contributed by atoms with E-state index in [1.54, 1.807) is 9.58 Å². The van der Waals surface area contributed by atoms with E-state index in [9.17, 15) is 9.90 Å². The minimum atomic E-state index is -0.217. The van der Waals surface area contributed by atoms with E-state index >= 15 is 0 Å². The average Bonchev–Trinajstić information content (AvgIpc) is 3.26.